The molecule has 0 saturated carbocycles. The van der Waals surface area contributed by atoms with E-state index in [0.29, 0.717) is 6.42 Å². The van der Waals surface area contributed by atoms with Gasteiger partial charge >= 0.3 is 0 Å². The van der Waals surface area contributed by atoms with Gasteiger partial charge in [0.15, 0.2) is 0 Å². The summed E-state index contributed by atoms with van der Waals surface area (Å²) >= 11 is 3.34. The SMILES string of the molecule is NNC(Cc1ccc(F)cc1)c1ccc(Br)cn1. The second kappa shape index (κ2) is 6.04. The van der Waals surface area contributed by atoms with E-state index in [9.17, 15) is 4.39 Å². The Morgan fingerprint density at radius 2 is 1.94 bits per heavy atom. The Kier molecular flexibility index (Phi) is 4.41. The summed E-state index contributed by atoms with van der Waals surface area (Å²) in [5.41, 5.74) is 4.58. The topological polar surface area (TPSA) is 50.9 Å². The molecule has 0 spiro atoms. The molecule has 0 saturated heterocycles. The maximum absolute atomic E-state index is 12.8. The molecule has 94 valence electrons. The predicted octanol–water partition coefficient (Wildman–Crippen LogP) is 2.73. The van der Waals surface area contributed by atoms with Gasteiger partial charge in [-0.15, -0.1) is 0 Å². The first-order valence-corrected chi connectivity index (χ1v) is 6.30. The molecule has 1 atom stereocenters. The van der Waals surface area contributed by atoms with Crippen molar-refractivity contribution in [3.05, 3.63) is 64.1 Å². The lowest BCUT2D eigenvalue weighted by Gasteiger charge is -2.15. The highest BCUT2D eigenvalue weighted by Gasteiger charge is 2.11. The highest BCUT2D eigenvalue weighted by molar-refractivity contribution is 9.10. The third-order valence-corrected chi connectivity index (χ3v) is 3.13. The molecule has 3 nitrogen and oxygen atoms in total. The summed E-state index contributed by atoms with van der Waals surface area (Å²) in [6.45, 7) is 0. The van der Waals surface area contributed by atoms with E-state index in [2.05, 4.69) is 26.3 Å². The van der Waals surface area contributed by atoms with Crippen molar-refractivity contribution in [3.63, 3.8) is 0 Å². The van der Waals surface area contributed by atoms with Gasteiger partial charge in [-0.25, -0.2) is 4.39 Å². The second-order valence-electron chi connectivity index (χ2n) is 3.95. The number of nitrogens with zero attached hydrogens (tertiary/aromatic N) is 1. The molecule has 1 unspecified atom stereocenters. The summed E-state index contributed by atoms with van der Waals surface area (Å²) in [7, 11) is 0. The minimum Gasteiger partial charge on any atom is -0.271 e. The lowest BCUT2D eigenvalue weighted by molar-refractivity contribution is 0.537. The zero-order chi connectivity index (χ0) is 13.0. The van der Waals surface area contributed by atoms with Gasteiger partial charge in [0.2, 0.25) is 0 Å². The summed E-state index contributed by atoms with van der Waals surface area (Å²) in [4.78, 5) is 4.30. The van der Waals surface area contributed by atoms with Crippen molar-refractivity contribution >= 4 is 15.9 Å². The largest absolute Gasteiger partial charge is 0.271 e. The first kappa shape index (κ1) is 13.1. The molecule has 1 heterocycles. The van der Waals surface area contributed by atoms with Crippen LogP contribution in [0.4, 0.5) is 4.39 Å². The fourth-order valence-electron chi connectivity index (χ4n) is 1.70. The third-order valence-electron chi connectivity index (χ3n) is 2.66. The zero-order valence-corrected chi connectivity index (χ0v) is 11.2. The van der Waals surface area contributed by atoms with E-state index in [0.717, 1.165) is 15.7 Å². The van der Waals surface area contributed by atoms with Crippen molar-refractivity contribution in [2.24, 2.45) is 5.84 Å². The molecule has 0 aliphatic heterocycles. The maximum atomic E-state index is 12.8. The number of rotatable bonds is 4. The van der Waals surface area contributed by atoms with Crippen LogP contribution < -0.4 is 11.3 Å². The van der Waals surface area contributed by atoms with Crippen LogP contribution in [0.5, 0.6) is 0 Å². The molecule has 0 aliphatic rings. The molecule has 3 N–H and O–H groups in total. The number of nitrogens with two attached hydrogens (primary N) is 1. The van der Waals surface area contributed by atoms with Crippen LogP contribution in [0.15, 0.2) is 47.1 Å². The number of hydrogen-bond acceptors (Lipinski definition) is 3. The zero-order valence-electron chi connectivity index (χ0n) is 9.61. The monoisotopic (exact) mass is 309 g/mol. The quantitative estimate of drug-likeness (QED) is 0.674. The average molecular weight is 310 g/mol. The van der Waals surface area contributed by atoms with Crippen LogP contribution in [-0.2, 0) is 6.42 Å². The van der Waals surface area contributed by atoms with Crippen LogP contribution in [0.3, 0.4) is 0 Å². The van der Waals surface area contributed by atoms with Gasteiger partial charge in [-0.05, 0) is 52.2 Å². The normalized spacial score (nSPS) is 12.4. The Balaban J connectivity index is 2.14. The molecular weight excluding hydrogens is 297 g/mol. The minimum atomic E-state index is -0.238. The van der Waals surface area contributed by atoms with Crippen LogP contribution in [0, 0.1) is 5.82 Å². The molecule has 18 heavy (non-hydrogen) atoms. The van der Waals surface area contributed by atoms with Crippen molar-refractivity contribution < 1.29 is 4.39 Å². The fraction of sp³-hybridized carbons (Fsp3) is 0.154. The van der Waals surface area contributed by atoms with E-state index in [1.165, 1.54) is 12.1 Å². The number of benzene rings is 1. The van der Waals surface area contributed by atoms with Crippen LogP contribution >= 0.6 is 15.9 Å². The lowest BCUT2D eigenvalue weighted by atomic mass is 10.0. The second-order valence-corrected chi connectivity index (χ2v) is 4.87. The van der Waals surface area contributed by atoms with Crippen LogP contribution in [0.25, 0.3) is 0 Å². The molecule has 1 aromatic carbocycles. The van der Waals surface area contributed by atoms with E-state index in [-0.39, 0.29) is 11.9 Å². The Morgan fingerprint density at radius 1 is 1.22 bits per heavy atom. The average Bonchev–Trinajstić information content (AvgIpc) is 2.39. The van der Waals surface area contributed by atoms with Crippen molar-refractivity contribution in [2.75, 3.05) is 0 Å². The van der Waals surface area contributed by atoms with Crippen molar-refractivity contribution in [1.82, 2.24) is 10.4 Å². The molecule has 0 radical (unpaired) electrons. The number of aromatic nitrogens is 1. The van der Waals surface area contributed by atoms with Gasteiger partial charge in [0.05, 0.1) is 11.7 Å². The smallest absolute Gasteiger partial charge is 0.123 e. The van der Waals surface area contributed by atoms with Crippen molar-refractivity contribution in [2.45, 2.75) is 12.5 Å². The van der Waals surface area contributed by atoms with Crippen LogP contribution in [0.2, 0.25) is 0 Å². The molecule has 2 aromatic rings. The van der Waals surface area contributed by atoms with E-state index < -0.39 is 0 Å². The van der Waals surface area contributed by atoms with Crippen molar-refractivity contribution in [3.8, 4) is 0 Å². The highest BCUT2D eigenvalue weighted by atomic mass is 79.9. The summed E-state index contributed by atoms with van der Waals surface area (Å²) in [5, 5.41) is 0. The van der Waals surface area contributed by atoms with E-state index in [1.54, 1.807) is 18.3 Å². The molecular formula is C13H13BrFN3. The van der Waals surface area contributed by atoms with Gasteiger partial charge < -0.3 is 0 Å². The molecule has 0 aliphatic carbocycles. The van der Waals surface area contributed by atoms with Crippen molar-refractivity contribution in [1.29, 1.82) is 0 Å². The number of nitrogens with one attached hydrogen (secondary N) is 1. The van der Waals surface area contributed by atoms with Gasteiger partial charge in [-0.1, -0.05) is 12.1 Å². The standard InChI is InChI=1S/C13H13BrFN3/c14-10-3-6-12(17-8-10)13(18-16)7-9-1-4-11(15)5-2-9/h1-6,8,13,18H,7,16H2. The number of pyridine rings is 1. The maximum Gasteiger partial charge on any atom is 0.123 e. The van der Waals surface area contributed by atoms with Crippen LogP contribution in [-0.4, -0.2) is 4.98 Å². The molecule has 0 fully saturated rings. The van der Waals surface area contributed by atoms with Gasteiger partial charge in [-0.3, -0.25) is 16.3 Å². The summed E-state index contributed by atoms with van der Waals surface area (Å²) in [6.07, 6.45) is 2.38. The first-order valence-electron chi connectivity index (χ1n) is 5.51. The summed E-state index contributed by atoms with van der Waals surface area (Å²) in [5.74, 6) is 5.31. The van der Waals surface area contributed by atoms with Crippen LogP contribution in [0.1, 0.15) is 17.3 Å². The summed E-state index contributed by atoms with van der Waals surface area (Å²) in [6, 6.07) is 10.1. The van der Waals surface area contributed by atoms with Gasteiger partial charge in [0.1, 0.15) is 5.82 Å². The van der Waals surface area contributed by atoms with E-state index >= 15 is 0 Å². The number of halogens is 2. The summed E-state index contributed by atoms with van der Waals surface area (Å²) < 4.78 is 13.7. The molecule has 0 bridgehead atoms. The molecule has 2 rings (SSSR count). The Labute approximate surface area is 113 Å². The van der Waals surface area contributed by atoms with E-state index in [1.807, 2.05) is 12.1 Å². The predicted molar refractivity (Wildman–Crippen MR) is 72.1 cm³/mol. The lowest BCUT2D eigenvalue weighted by Crippen LogP contribution is -2.30. The minimum absolute atomic E-state index is 0.0939. The Morgan fingerprint density at radius 3 is 2.50 bits per heavy atom. The van der Waals surface area contributed by atoms with Gasteiger partial charge in [0.25, 0.3) is 0 Å². The fourth-order valence-corrected chi connectivity index (χ4v) is 1.93. The van der Waals surface area contributed by atoms with Gasteiger partial charge in [0, 0.05) is 10.7 Å². The first-order chi connectivity index (χ1) is 8.69. The molecule has 5 heteroatoms. The molecule has 1 aromatic heterocycles. The number of hydrogen-bond donors (Lipinski definition) is 2. The van der Waals surface area contributed by atoms with Gasteiger partial charge in [-0.2, -0.15) is 0 Å². The Hall–Kier alpha value is -1.30. The molecule has 0 amide bonds. The third kappa shape index (κ3) is 3.35. The van der Waals surface area contributed by atoms with E-state index in [4.69, 9.17) is 5.84 Å². The Bertz CT molecular complexity index is 499. The highest BCUT2D eigenvalue weighted by Crippen LogP contribution is 2.18. The number of hydrazine groups is 1.